The lowest BCUT2D eigenvalue weighted by molar-refractivity contribution is 0.391. The molecule has 142 valence electrons. The summed E-state index contributed by atoms with van der Waals surface area (Å²) in [5.41, 5.74) is 2.47. The van der Waals surface area contributed by atoms with Gasteiger partial charge in [-0.3, -0.25) is 0 Å². The fourth-order valence-corrected chi connectivity index (χ4v) is 2.77. The first-order valence-corrected chi connectivity index (χ1v) is 8.35. The maximum atomic E-state index is 13.2. The molecule has 8 nitrogen and oxygen atoms in total. The van der Waals surface area contributed by atoms with Gasteiger partial charge < -0.3 is 14.0 Å². The fourth-order valence-electron chi connectivity index (χ4n) is 2.77. The van der Waals surface area contributed by atoms with E-state index in [1.807, 2.05) is 6.92 Å². The minimum absolute atomic E-state index is 0.283. The van der Waals surface area contributed by atoms with Crippen LogP contribution in [0, 0.1) is 12.7 Å². The Morgan fingerprint density at radius 2 is 1.82 bits per heavy atom. The molecule has 0 aliphatic heterocycles. The second-order valence-corrected chi connectivity index (χ2v) is 5.90. The molecule has 9 heteroatoms. The topological polar surface area (TPSA) is 88.1 Å². The Morgan fingerprint density at radius 1 is 1.04 bits per heavy atom. The first kappa shape index (κ1) is 17.7. The molecule has 2 heterocycles. The van der Waals surface area contributed by atoms with Crippen LogP contribution in [0.25, 0.3) is 28.7 Å². The number of hydrogen-bond acceptors (Lipinski definition) is 7. The zero-order chi connectivity index (χ0) is 19.7. The van der Waals surface area contributed by atoms with Gasteiger partial charge in [0.25, 0.3) is 5.89 Å². The third-order valence-electron chi connectivity index (χ3n) is 4.24. The summed E-state index contributed by atoms with van der Waals surface area (Å²) in [5.74, 6) is 1.45. The van der Waals surface area contributed by atoms with Crippen molar-refractivity contribution in [3.8, 4) is 40.2 Å². The van der Waals surface area contributed by atoms with Gasteiger partial charge in [-0.1, -0.05) is 10.4 Å². The van der Waals surface area contributed by atoms with Crippen LogP contribution in [0.4, 0.5) is 4.39 Å². The lowest BCUT2D eigenvalue weighted by Gasteiger charge is -2.06. The molecule has 0 amide bonds. The summed E-state index contributed by atoms with van der Waals surface area (Å²) in [6.07, 6.45) is 0. The Bertz CT molecular complexity index is 1120. The van der Waals surface area contributed by atoms with Crippen molar-refractivity contribution < 1.29 is 18.4 Å². The molecule has 2 aromatic carbocycles. The van der Waals surface area contributed by atoms with Crippen LogP contribution in [0.15, 0.2) is 47.0 Å². The van der Waals surface area contributed by atoms with Gasteiger partial charge in [-0.25, -0.2) is 9.07 Å². The van der Waals surface area contributed by atoms with Crippen molar-refractivity contribution in [1.82, 2.24) is 25.1 Å². The molecule has 0 fully saturated rings. The number of benzene rings is 2. The van der Waals surface area contributed by atoms with Crippen molar-refractivity contribution in [2.45, 2.75) is 6.92 Å². The third kappa shape index (κ3) is 3.07. The summed E-state index contributed by atoms with van der Waals surface area (Å²) < 4.78 is 30.7. The van der Waals surface area contributed by atoms with Crippen molar-refractivity contribution in [2.75, 3.05) is 14.2 Å². The summed E-state index contributed by atoms with van der Waals surface area (Å²) in [6, 6.07) is 11.2. The monoisotopic (exact) mass is 381 g/mol. The highest BCUT2D eigenvalue weighted by molar-refractivity contribution is 5.66. The quantitative estimate of drug-likeness (QED) is 0.523. The van der Waals surface area contributed by atoms with Gasteiger partial charge in [0, 0.05) is 6.07 Å². The molecule has 0 saturated heterocycles. The molecule has 0 aliphatic carbocycles. The Morgan fingerprint density at radius 3 is 2.54 bits per heavy atom. The minimum atomic E-state index is -0.321. The van der Waals surface area contributed by atoms with Gasteiger partial charge in [0.05, 0.1) is 31.2 Å². The van der Waals surface area contributed by atoms with Crippen molar-refractivity contribution in [3.05, 3.63) is 54.0 Å². The molecular formula is C19H16FN5O3. The van der Waals surface area contributed by atoms with E-state index in [1.165, 1.54) is 12.1 Å². The van der Waals surface area contributed by atoms with Crippen molar-refractivity contribution >= 4 is 0 Å². The highest BCUT2D eigenvalue weighted by Gasteiger charge is 2.20. The molecule has 0 radical (unpaired) electrons. The largest absolute Gasteiger partial charge is 0.497 e. The number of halogens is 1. The lowest BCUT2D eigenvalue weighted by Crippen LogP contribution is -1.99. The number of ether oxygens (including phenoxy) is 2. The summed E-state index contributed by atoms with van der Waals surface area (Å²) >= 11 is 0. The maximum Gasteiger partial charge on any atom is 0.262 e. The predicted octanol–water partition coefficient (Wildman–Crippen LogP) is 3.45. The standard InChI is InChI=1S/C19H16FN5O3/c1-11-17(22-24-25(11)13-6-4-12(20)5-7-13)18-21-19(28-23-18)15-9-8-14(26-2)10-16(15)27-3/h4-10H,1-3H3. The summed E-state index contributed by atoms with van der Waals surface area (Å²) in [7, 11) is 3.13. The van der Waals surface area contributed by atoms with E-state index in [0.717, 1.165) is 0 Å². The van der Waals surface area contributed by atoms with Gasteiger partial charge in [0.15, 0.2) is 5.69 Å². The average Bonchev–Trinajstić information content (AvgIpc) is 3.35. The van der Waals surface area contributed by atoms with Crippen molar-refractivity contribution in [3.63, 3.8) is 0 Å². The molecule has 0 aliphatic rings. The van der Waals surface area contributed by atoms with Crippen LogP contribution < -0.4 is 9.47 Å². The SMILES string of the molecule is COc1ccc(-c2nc(-c3nnn(-c4ccc(F)cc4)c3C)no2)c(OC)c1. The maximum absolute atomic E-state index is 13.2. The number of rotatable bonds is 5. The third-order valence-corrected chi connectivity index (χ3v) is 4.24. The van der Waals surface area contributed by atoms with Gasteiger partial charge in [0.2, 0.25) is 5.82 Å². The Kier molecular flexibility index (Phi) is 4.48. The molecule has 0 spiro atoms. The molecule has 4 rings (SSSR count). The van der Waals surface area contributed by atoms with E-state index in [-0.39, 0.29) is 11.7 Å². The molecule has 0 N–H and O–H groups in total. The molecule has 0 saturated carbocycles. The fraction of sp³-hybridized carbons (Fsp3) is 0.158. The van der Waals surface area contributed by atoms with Gasteiger partial charge in [-0.15, -0.1) is 5.10 Å². The van der Waals surface area contributed by atoms with Crippen LogP contribution >= 0.6 is 0 Å². The van der Waals surface area contributed by atoms with Crippen LogP contribution in [-0.2, 0) is 0 Å². The summed E-state index contributed by atoms with van der Waals surface area (Å²) in [6.45, 7) is 1.82. The van der Waals surface area contributed by atoms with Crippen molar-refractivity contribution in [1.29, 1.82) is 0 Å². The molecule has 0 unspecified atom stereocenters. The van der Waals surface area contributed by atoms with Crippen LogP contribution in [-0.4, -0.2) is 39.4 Å². The van der Waals surface area contributed by atoms with Crippen LogP contribution in [0.5, 0.6) is 11.5 Å². The van der Waals surface area contributed by atoms with Crippen molar-refractivity contribution in [2.24, 2.45) is 0 Å². The number of hydrogen-bond donors (Lipinski definition) is 0. The highest BCUT2D eigenvalue weighted by Crippen LogP contribution is 2.33. The van der Waals surface area contributed by atoms with E-state index in [1.54, 1.807) is 49.2 Å². The normalized spacial score (nSPS) is 10.9. The zero-order valence-corrected chi connectivity index (χ0v) is 15.4. The van der Waals surface area contributed by atoms with E-state index in [0.29, 0.717) is 40.0 Å². The van der Waals surface area contributed by atoms with Crippen LogP contribution in [0.3, 0.4) is 0 Å². The first-order chi connectivity index (χ1) is 13.6. The van der Waals surface area contributed by atoms with Crippen LogP contribution in [0.1, 0.15) is 5.69 Å². The van der Waals surface area contributed by atoms with E-state index in [4.69, 9.17) is 14.0 Å². The first-order valence-electron chi connectivity index (χ1n) is 8.35. The number of methoxy groups -OCH3 is 2. The Balaban J connectivity index is 1.70. The number of aromatic nitrogens is 5. The smallest absolute Gasteiger partial charge is 0.262 e. The molecular weight excluding hydrogens is 365 g/mol. The molecule has 2 aromatic heterocycles. The highest BCUT2D eigenvalue weighted by atomic mass is 19.1. The van der Waals surface area contributed by atoms with E-state index >= 15 is 0 Å². The van der Waals surface area contributed by atoms with Gasteiger partial charge in [0.1, 0.15) is 17.3 Å². The lowest BCUT2D eigenvalue weighted by atomic mass is 10.2. The van der Waals surface area contributed by atoms with E-state index < -0.39 is 0 Å². The Labute approximate surface area is 159 Å². The molecule has 0 bridgehead atoms. The number of nitrogens with zero attached hydrogens (tertiary/aromatic N) is 5. The summed E-state index contributed by atoms with van der Waals surface area (Å²) in [5, 5.41) is 12.3. The molecule has 28 heavy (non-hydrogen) atoms. The average molecular weight is 381 g/mol. The summed E-state index contributed by atoms with van der Waals surface area (Å²) in [4.78, 5) is 4.42. The molecule has 0 atom stereocenters. The van der Waals surface area contributed by atoms with Crippen LogP contribution in [0.2, 0.25) is 0 Å². The predicted molar refractivity (Wildman–Crippen MR) is 97.9 cm³/mol. The van der Waals surface area contributed by atoms with Gasteiger partial charge in [-0.05, 0) is 43.3 Å². The molecule has 4 aromatic rings. The van der Waals surface area contributed by atoms with Gasteiger partial charge >= 0.3 is 0 Å². The zero-order valence-electron chi connectivity index (χ0n) is 15.4. The van der Waals surface area contributed by atoms with Gasteiger partial charge in [-0.2, -0.15) is 4.98 Å². The van der Waals surface area contributed by atoms with E-state index in [9.17, 15) is 4.39 Å². The minimum Gasteiger partial charge on any atom is -0.497 e. The second kappa shape index (κ2) is 7.10. The van der Waals surface area contributed by atoms with E-state index in [2.05, 4.69) is 20.5 Å². The second-order valence-electron chi connectivity index (χ2n) is 5.90. The Hall–Kier alpha value is -3.75.